The van der Waals surface area contributed by atoms with Gasteiger partial charge in [-0.3, -0.25) is 14.5 Å². The van der Waals surface area contributed by atoms with Crippen LogP contribution in [0.2, 0.25) is 0 Å². The van der Waals surface area contributed by atoms with E-state index in [1.54, 1.807) is 4.90 Å². The van der Waals surface area contributed by atoms with E-state index in [9.17, 15) is 9.59 Å². The van der Waals surface area contributed by atoms with Crippen LogP contribution in [0, 0.1) is 13.8 Å². The lowest BCUT2D eigenvalue weighted by atomic mass is 9.78. The molecule has 2 aliphatic rings. The molecule has 0 bridgehead atoms. The van der Waals surface area contributed by atoms with Crippen molar-refractivity contribution in [2.45, 2.75) is 64.6 Å². The lowest BCUT2D eigenvalue weighted by Crippen LogP contribution is -2.65. The Kier molecular flexibility index (Phi) is 6.50. The smallest absolute Gasteiger partial charge is 0.237 e. The lowest BCUT2D eigenvalue weighted by Gasteiger charge is -2.52. The minimum absolute atomic E-state index is 0.000545. The van der Waals surface area contributed by atoms with Crippen LogP contribution >= 0.6 is 0 Å². The Morgan fingerprint density at radius 1 is 1.25 bits per heavy atom. The highest BCUT2D eigenvalue weighted by molar-refractivity contribution is 5.85. The van der Waals surface area contributed by atoms with Crippen LogP contribution in [0.3, 0.4) is 0 Å². The molecule has 1 aromatic carbocycles. The second-order valence-corrected chi connectivity index (χ2v) is 9.10. The standard InChI is InChI=1S/C24H32N4O4/c1-17-21(18(2)32-26-17)15-31-20-8-6-7-19(11-20)12-28-14-23(30)27(13-22(25)29)16-24(28)9-4-3-5-10-24/h6-8,11H,3-5,9-10,12-16H2,1-2H3,(H2,25,29). The number of rotatable bonds is 7. The summed E-state index contributed by atoms with van der Waals surface area (Å²) in [4.78, 5) is 28.2. The Labute approximate surface area is 188 Å². The molecule has 0 radical (unpaired) electrons. The molecule has 1 saturated heterocycles. The number of primary amides is 1. The number of nitrogens with zero attached hydrogens (tertiary/aromatic N) is 3. The Balaban J connectivity index is 1.48. The monoisotopic (exact) mass is 440 g/mol. The average molecular weight is 441 g/mol. The van der Waals surface area contributed by atoms with E-state index >= 15 is 0 Å². The predicted molar refractivity (Wildman–Crippen MR) is 119 cm³/mol. The summed E-state index contributed by atoms with van der Waals surface area (Å²) in [5.74, 6) is 1.05. The Hall–Kier alpha value is -2.87. The number of piperazine rings is 1. The van der Waals surface area contributed by atoms with Crippen molar-refractivity contribution in [2.75, 3.05) is 19.6 Å². The van der Waals surface area contributed by atoms with E-state index in [0.717, 1.165) is 54.0 Å². The highest BCUT2D eigenvalue weighted by atomic mass is 16.5. The van der Waals surface area contributed by atoms with Crippen LogP contribution in [-0.4, -0.2) is 51.9 Å². The van der Waals surface area contributed by atoms with Gasteiger partial charge in [0.2, 0.25) is 11.8 Å². The quantitative estimate of drug-likeness (QED) is 0.710. The summed E-state index contributed by atoms with van der Waals surface area (Å²) >= 11 is 0. The summed E-state index contributed by atoms with van der Waals surface area (Å²) in [6.45, 7) is 5.73. The molecular formula is C24H32N4O4. The maximum atomic E-state index is 12.8. The molecule has 1 saturated carbocycles. The zero-order chi connectivity index (χ0) is 22.7. The molecule has 4 rings (SSSR count). The summed E-state index contributed by atoms with van der Waals surface area (Å²) in [6.07, 6.45) is 5.53. The Morgan fingerprint density at radius 2 is 2.03 bits per heavy atom. The van der Waals surface area contributed by atoms with Crippen LogP contribution in [0.4, 0.5) is 0 Å². The summed E-state index contributed by atoms with van der Waals surface area (Å²) in [5, 5.41) is 3.98. The largest absolute Gasteiger partial charge is 0.489 e. The van der Waals surface area contributed by atoms with Gasteiger partial charge in [0, 0.05) is 18.6 Å². The van der Waals surface area contributed by atoms with Gasteiger partial charge in [-0.25, -0.2) is 0 Å². The molecule has 1 aliphatic heterocycles. The van der Waals surface area contributed by atoms with Crippen molar-refractivity contribution in [2.24, 2.45) is 5.73 Å². The predicted octanol–water partition coefficient (Wildman–Crippen LogP) is 2.70. The number of ether oxygens (including phenoxy) is 1. The number of aromatic nitrogens is 1. The van der Waals surface area contributed by atoms with E-state index in [4.69, 9.17) is 15.0 Å². The second kappa shape index (κ2) is 9.32. The van der Waals surface area contributed by atoms with Gasteiger partial charge in [0.05, 0.1) is 24.3 Å². The Morgan fingerprint density at radius 3 is 2.72 bits per heavy atom. The van der Waals surface area contributed by atoms with Crippen LogP contribution in [-0.2, 0) is 22.7 Å². The molecule has 2 N–H and O–H groups in total. The molecule has 2 aromatic rings. The van der Waals surface area contributed by atoms with E-state index < -0.39 is 5.91 Å². The van der Waals surface area contributed by atoms with Gasteiger partial charge in [-0.15, -0.1) is 0 Å². The third-order valence-corrected chi connectivity index (χ3v) is 6.80. The number of carbonyl (C=O) groups excluding carboxylic acids is 2. The molecule has 0 unspecified atom stereocenters. The first kappa shape index (κ1) is 22.3. The van der Waals surface area contributed by atoms with Gasteiger partial charge in [0.15, 0.2) is 0 Å². The SMILES string of the molecule is Cc1noc(C)c1COc1cccc(CN2CC(=O)N(CC(N)=O)CC23CCCCC3)c1. The van der Waals surface area contributed by atoms with Crippen molar-refractivity contribution in [1.29, 1.82) is 0 Å². The molecule has 1 aliphatic carbocycles. The topological polar surface area (TPSA) is 102 Å². The second-order valence-electron chi connectivity index (χ2n) is 9.10. The van der Waals surface area contributed by atoms with Crippen molar-refractivity contribution >= 4 is 11.8 Å². The normalized spacial score (nSPS) is 18.8. The van der Waals surface area contributed by atoms with E-state index in [2.05, 4.69) is 16.1 Å². The zero-order valence-electron chi connectivity index (χ0n) is 18.9. The summed E-state index contributed by atoms with van der Waals surface area (Å²) in [6, 6.07) is 8.03. The van der Waals surface area contributed by atoms with Crippen LogP contribution in [0.25, 0.3) is 0 Å². The van der Waals surface area contributed by atoms with Gasteiger partial charge < -0.3 is 19.9 Å². The van der Waals surface area contributed by atoms with Gasteiger partial charge in [0.25, 0.3) is 0 Å². The van der Waals surface area contributed by atoms with Gasteiger partial charge in [-0.1, -0.05) is 36.6 Å². The summed E-state index contributed by atoms with van der Waals surface area (Å²) < 4.78 is 11.2. The molecular weight excluding hydrogens is 408 g/mol. The third kappa shape index (κ3) is 4.80. The fourth-order valence-corrected chi connectivity index (χ4v) is 5.03. The van der Waals surface area contributed by atoms with E-state index in [1.165, 1.54) is 6.42 Å². The molecule has 172 valence electrons. The fraction of sp³-hybridized carbons (Fsp3) is 0.542. The van der Waals surface area contributed by atoms with E-state index in [-0.39, 0.29) is 18.0 Å². The van der Waals surface area contributed by atoms with Gasteiger partial charge in [-0.2, -0.15) is 0 Å². The van der Waals surface area contributed by atoms with Gasteiger partial charge >= 0.3 is 0 Å². The van der Waals surface area contributed by atoms with Gasteiger partial charge in [-0.05, 0) is 44.4 Å². The average Bonchev–Trinajstić information content (AvgIpc) is 3.08. The molecule has 8 heteroatoms. The molecule has 32 heavy (non-hydrogen) atoms. The van der Waals surface area contributed by atoms with Crippen LogP contribution < -0.4 is 10.5 Å². The highest BCUT2D eigenvalue weighted by Crippen LogP contribution is 2.38. The van der Waals surface area contributed by atoms with Crippen LogP contribution in [0.15, 0.2) is 28.8 Å². The fourth-order valence-electron chi connectivity index (χ4n) is 5.03. The molecule has 1 aromatic heterocycles. The number of benzene rings is 1. The number of hydrogen-bond donors (Lipinski definition) is 1. The van der Waals surface area contributed by atoms with Crippen molar-refractivity contribution in [3.05, 3.63) is 46.8 Å². The first-order valence-corrected chi connectivity index (χ1v) is 11.3. The van der Waals surface area contributed by atoms with Crippen molar-refractivity contribution in [3.8, 4) is 5.75 Å². The minimum atomic E-state index is -0.457. The maximum absolute atomic E-state index is 12.8. The molecule has 0 atom stereocenters. The van der Waals surface area contributed by atoms with Crippen molar-refractivity contribution in [1.82, 2.24) is 15.0 Å². The lowest BCUT2D eigenvalue weighted by molar-refractivity contribution is -0.148. The number of hydrogen-bond acceptors (Lipinski definition) is 6. The molecule has 2 amide bonds. The molecule has 2 heterocycles. The van der Waals surface area contributed by atoms with Gasteiger partial charge in [0.1, 0.15) is 18.1 Å². The highest BCUT2D eigenvalue weighted by Gasteiger charge is 2.45. The number of nitrogens with two attached hydrogens (primary N) is 1. The zero-order valence-corrected chi connectivity index (χ0v) is 18.9. The first-order valence-electron chi connectivity index (χ1n) is 11.3. The summed E-state index contributed by atoms with van der Waals surface area (Å²) in [5.41, 5.74) is 8.19. The Bertz CT molecular complexity index is 961. The van der Waals surface area contributed by atoms with Crippen LogP contribution in [0.1, 0.15) is 54.7 Å². The molecule has 2 fully saturated rings. The van der Waals surface area contributed by atoms with Crippen molar-refractivity contribution in [3.63, 3.8) is 0 Å². The molecule has 8 nitrogen and oxygen atoms in total. The summed E-state index contributed by atoms with van der Waals surface area (Å²) in [7, 11) is 0. The number of carbonyl (C=O) groups is 2. The van der Waals surface area contributed by atoms with Crippen molar-refractivity contribution < 1.29 is 18.8 Å². The number of amides is 2. The minimum Gasteiger partial charge on any atom is -0.489 e. The number of aryl methyl sites for hydroxylation is 2. The van der Waals surface area contributed by atoms with E-state index in [0.29, 0.717) is 26.2 Å². The van der Waals surface area contributed by atoms with Crippen LogP contribution in [0.5, 0.6) is 5.75 Å². The first-order chi connectivity index (χ1) is 15.4. The van der Waals surface area contributed by atoms with E-state index in [1.807, 2.05) is 32.0 Å². The molecule has 1 spiro atoms. The maximum Gasteiger partial charge on any atom is 0.237 e. The third-order valence-electron chi connectivity index (χ3n) is 6.80.